The lowest BCUT2D eigenvalue weighted by atomic mass is 9.80. The van der Waals surface area contributed by atoms with Crippen LogP contribution in [-0.4, -0.2) is 0 Å². The molecule has 0 aromatic heterocycles. The van der Waals surface area contributed by atoms with Crippen LogP contribution in [0.2, 0.25) is 0 Å². The van der Waals surface area contributed by atoms with Gasteiger partial charge >= 0.3 is 0 Å². The van der Waals surface area contributed by atoms with E-state index in [0.717, 1.165) is 22.6 Å². The van der Waals surface area contributed by atoms with E-state index in [1.807, 2.05) is 0 Å². The molecule has 0 saturated heterocycles. The van der Waals surface area contributed by atoms with E-state index >= 15 is 0 Å². The predicted octanol–water partition coefficient (Wildman–Crippen LogP) is 18.6. The van der Waals surface area contributed by atoms with E-state index in [4.69, 9.17) is 0 Å². The van der Waals surface area contributed by atoms with Gasteiger partial charge in [-0.05, 0) is 125 Å². The smallest absolute Gasteiger partial charge is 0.0540 e. The number of rotatable bonds is 9. The van der Waals surface area contributed by atoms with Gasteiger partial charge in [0.05, 0.1) is 5.69 Å². The molecule has 11 aromatic rings. The summed E-state index contributed by atoms with van der Waals surface area (Å²) in [5.41, 5.74) is 22.9. The standard InChI is InChI=1S/C67H49N/c1-67(2)61-43-41-53(45-60(61)66-62(67)44-42-57(48-25-11-5-12-26-48)65(66)51-27-13-6-14-28-51)68(63-36-18-17-33-59(63)58-32-16-15-31-54(58)46-21-7-3-8-22-46)52-39-37-49(38-40-52)56-35-20-30-50-29-19-34-55(64(50)56)47-23-9-4-10-24-47/h3-45H,1-2H3. The lowest BCUT2D eigenvalue weighted by Gasteiger charge is -2.29. The third-order valence-corrected chi connectivity index (χ3v) is 14.1. The predicted molar refractivity (Wildman–Crippen MR) is 289 cm³/mol. The second-order valence-corrected chi connectivity index (χ2v) is 18.4. The highest BCUT2D eigenvalue weighted by Crippen LogP contribution is 2.56. The molecule has 0 radical (unpaired) electrons. The van der Waals surface area contributed by atoms with Crippen LogP contribution in [0.15, 0.2) is 261 Å². The molecule has 0 amide bonds. The molecule has 0 heterocycles. The Kier molecular flexibility index (Phi) is 10.3. The minimum Gasteiger partial charge on any atom is -0.310 e. The third kappa shape index (κ3) is 7.03. The van der Waals surface area contributed by atoms with Crippen LogP contribution in [0.4, 0.5) is 17.1 Å². The Balaban J connectivity index is 1.08. The summed E-state index contributed by atoms with van der Waals surface area (Å²) < 4.78 is 0. The summed E-state index contributed by atoms with van der Waals surface area (Å²) in [5, 5.41) is 2.49. The van der Waals surface area contributed by atoms with Crippen molar-refractivity contribution in [2.45, 2.75) is 19.3 Å². The summed E-state index contributed by atoms with van der Waals surface area (Å²) in [6.45, 7) is 4.77. The summed E-state index contributed by atoms with van der Waals surface area (Å²) in [7, 11) is 0. The summed E-state index contributed by atoms with van der Waals surface area (Å²) in [5.74, 6) is 0. The van der Waals surface area contributed by atoms with Gasteiger partial charge in [-0.3, -0.25) is 0 Å². The summed E-state index contributed by atoms with van der Waals surface area (Å²) in [6, 6.07) is 95.6. The second-order valence-electron chi connectivity index (χ2n) is 18.4. The monoisotopic (exact) mass is 867 g/mol. The van der Waals surface area contributed by atoms with Crippen molar-refractivity contribution in [2.24, 2.45) is 0 Å². The maximum atomic E-state index is 2.48. The Morgan fingerprint density at radius 2 is 0.735 bits per heavy atom. The highest BCUT2D eigenvalue weighted by molar-refractivity contribution is 6.07. The van der Waals surface area contributed by atoms with E-state index in [2.05, 4.69) is 280 Å². The summed E-state index contributed by atoms with van der Waals surface area (Å²) in [6.07, 6.45) is 0. The Labute approximate surface area is 399 Å². The molecule has 12 rings (SSSR count). The van der Waals surface area contributed by atoms with Gasteiger partial charge in [0.2, 0.25) is 0 Å². The fourth-order valence-corrected chi connectivity index (χ4v) is 10.9. The van der Waals surface area contributed by atoms with Gasteiger partial charge in [-0.2, -0.15) is 0 Å². The van der Waals surface area contributed by atoms with E-state index in [1.165, 1.54) is 94.2 Å². The van der Waals surface area contributed by atoms with Crippen molar-refractivity contribution in [3.8, 4) is 77.9 Å². The van der Waals surface area contributed by atoms with Crippen molar-refractivity contribution < 1.29 is 0 Å². The molecule has 68 heavy (non-hydrogen) atoms. The molecule has 1 aliphatic carbocycles. The summed E-state index contributed by atoms with van der Waals surface area (Å²) in [4.78, 5) is 2.48. The van der Waals surface area contributed by atoms with Crippen molar-refractivity contribution >= 4 is 27.8 Å². The Morgan fingerprint density at radius 3 is 1.35 bits per heavy atom. The number of hydrogen-bond acceptors (Lipinski definition) is 1. The van der Waals surface area contributed by atoms with Gasteiger partial charge < -0.3 is 4.90 Å². The van der Waals surface area contributed by atoms with Crippen LogP contribution in [0.1, 0.15) is 25.0 Å². The summed E-state index contributed by atoms with van der Waals surface area (Å²) >= 11 is 0. The van der Waals surface area contributed by atoms with Crippen LogP contribution in [0.3, 0.4) is 0 Å². The maximum absolute atomic E-state index is 2.48. The van der Waals surface area contributed by atoms with Crippen LogP contribution in [0, 0.1) is 0 Å². The van der Waals surface area contributed by atoms with Gasteiger partial charge in [-0.1, -0.05) is 244 Å². The van der Waals surface area contributed by atoms with Crippen LogP contribution >= 0.6 is 0 Å². The van der Waals surface area contributed by atoms with E-state index in [9.17, 15) is 0 Å². The van der Waals surface area contributed by atoms with E-state index in [1.54, 1.807) is 0 Å². The molecule has 11 aromatic carbocycles. The molecule has 0 aliphatic heterocycles. The molecule has 0 saturated carbocycles. The zero-order valence-corrected chi connectivity index (χ0v) is 38.3. The largest absolute Gasteiger partial charge is 0.310 e. The third-order valence-electron chi connectivity index (χ3n) is 14.1. The Morgan fingerprint density at radius 1 is 0.279 bits per heavy atom. The number of anilines is 3. The molecule has 1 heteroatoms. The number of para-hydroxylation sites is 1. The fourth-order valence-electron chi connectivity index (χ4n) is 10.9. The Bertz CT molecular complexity index is 3600. The molecule has 0 spiro atoms. The first kappa shape index (κ1) is 40.9. The molecule has 0 bridgehead atoms. The van der Waals surface area contributed by atoms with Crippen molar-refractivity contribution in [2.75, 3.05) is 4.90 Å². The van der Waals surface area contributed by atoms with Crippen LogP contribution in [-0.2, 0) is 5.41 Å². The highest BCUT2D eigenvalue weighted by atomic mass is 15.1. The minimum absolute atomic E-state index is 0.210. The number of hydrogen-bond donors (Lipinski definition) is 0. The molecule has 0 N–H and O–H groups in total. The van der Waals surface area contributed by atoms with Gasteiger partial charge in [0.25, 0.3) is 0 Å². The number of benzene rings is 11. The zero-order chi connectivity index (χ0) is 45.6. The SMILES string of the molecule is CC1(C)c2ccc(N(c3ccc(-c4cccc5cccc(-c6ccccc6)c45)cc3)c3ccccc3-c3ccccc3-c3ccccc3)cc2-c2c1ccc(-c1ccccc1)c2-c1ccccc1. The van der Waals surface area contributed by atoms with E-state index in [-0.39, 0.29) is 5.41 Å². The van der Waals surface area contributed by atoms with Gasteiger partial charge in [0, 0.05) is 22.4 Å². The lowest BCUT2D eigenvalue weighted by Crippen LogP contribution is -2.15. The number of fused-ring (bicyclic) bond motifs is 4. The van der Waals surface area contributed by atoms with E-state index in [0.29, 0.717) is 0 Å². The molecule has 322 valence electrons. The highest BCUT2D eigenvalue weighted by Gasteiger charge is 2.38. The molecular weight excluding hydrogens is 819 g/mol. The number of nitrogens with zero attached hydrogens (tertiary/aromatic N) is 1. The molecule has 0 unspecified atom stereocenters. The first-order valence-electron chi connectivity index (χ1n) is 23.7. The average Bonchev–Trinajstić information content (AvgIpc) is 3.64. The van der Waals surface area contributed by atoms with Gasteiger partial charge in [0.1, 0.15) is 0 Å². The zero-order valence-electron chi connectivity index (χ0n) is 38.3. The second kappa shape index (κ2) is 17.0. The van der Waals surface area contributed by atoms with Gasteiger partial charge in [0.15, 0.2) is 0 Å². The van der Waals surface area contributed by atoms with Crippen LogP contribution in [0.25, 0.3) is 88.7 Å². The van der Waals surface area contributed by atoms with Crippen molar-refractivity contribution in [1.82, 2.24) is 0 Å². The molecular formula is C67H49N. The van der Waals surface area contributed by atoms with Crippen molar-refractivity contribution in [1.29, 1.82) is 0 Å². The molecule has 0 atom stereocenters. The lowest BCUT2D eigenvalue weighted by molar-refractivity contribution is 0.660. The molecule has 1 nitrogen and oxygen atoms in total. The normalized spacial score (nSPS) is 12.4. The first-order valence-corrected chi connectivity index (χ1v) is 23.7. The fraction of sp³-hybridized carbons (Fsp3) is 0.0448. The van der Waals surface area contributed by atoms with Gasteiger partial charge in [-0.25, -0.2) is 0 Å². The minimum atomic E-state index is -0.210. The Hall–Kier alpha value is -8.52. The van der Waals surface area contributed by atoms with Crippen LogP contribution in [0.5, 0.6) is 0 Å². The van der Waals surface area contributed by atoms with Crippen LogP contribution < -0.4 is 4.90 Å². The van der Waals surface area contributed by atoms with E-state index < -0.39 is 0 Å². The quantitative estimate of drug-likeness (QED) is 0.140. The molecule has 0 fully saturated rings. The topological polar surface area (TPSA) is 3.24 Å². The average molecular weight is 868 g/mol. The maximum Gasteiger partial charge on any atom is 0.0540 e. The van der Waals surface area contributed by atoms with Crippen molar-refractivity contribution in [3.63, 3.8) is 0 Å². The van der Waals surface area contributed by atoms with Gasteiger partial charge in [-0.15, -0.1) is 0 Å². The van der Waals surface area contributed by atoms with Crippen molar-refractivity contribution in [3.05, 3.63) is 272 Å². The first-order chi connectivity index (χ1) is 33.5. The molecule has 1 aliphatic rings.